The van der Waals surface area contributed by atoms with E-state index in [-0.39, 0.29) is 25.5 Å². The van der Waals surface area contributed by atoms with Gasteiger partial charge in [-0.25, -0.2) is 13.2 Å². The fraction of sp³-hybridized carbons (Fsp3) is 0.364. The van der Waals surface area contributed by atoms with Crippen molar-refractivity contribution in [2.75, 3.05) is 29.0 Å². The Bertz CT molecular complexity index is 1070. The molecule has 2 aromatic carbocycles. The lowest BCUT2D eigenvalue weighted by Crippen LogP contribution is -2.32. The maximum Gasteiger partial charge on any atom is 0.338 e. The van der Waals surface area contributed by atoms with Crippen molar-refractivity contribution >= 4 is 44.9 Å². The molecule has 168 valence electrons. The van der Waals surface area contributed by atoms with Gasteiger partial charge in [-0.3, -0.25) is 9.10 Å². The quantitative estimate of drug-likeness (QED) is 0.555. The minimum absolute atomic E-state index is 0.130. The molecule has 2 rings (SSSR count). The van der Waals surface area contributed by atoms with Crippen LogP contribution in [0, 0.1) is 13.8 Å². The third-order valence-corrected chi connectivity index (χ3v) is 6.27. The Kier molecular flexibility index (Phi) is 8.47. The highest BCUT2D eigenvalue weighted by molar-refractivity contribution is 7.92. The van der Waals surface area contributed by atoms with Gasteiger partial charge in [0.1, 0.15) is 0 Å². The number of amides is 1. The largest absolute Gasteiger partial charge is 0.462 e. The van der Waals surface area contributed by atoms with E-state index in [1.165, 1.54) is 4.31 Å². The Morgan fingerprint density at radius 2 is 1.87 bits per heavy atom. The van der Waals surface area contributed by atoms with Crippen LogP contribution in [0.1, 0.15) is 41.3 Å². The van der Waals surface area contributed by atoms with Crippen molar-refractivity contribution < 1.29 is 22.7 Å². The Hall–Kier alpha value is -2.58. The van der Waals surface area contributed by atoms with Crippen LogP contribution in [0.25, 0.3) is 0 Å². The molecule has 7 nitrogen and oxygen atoms in total. The smallest absolute Gasteiger partial charge is 0.338 e. The van der Waals surface area contributed by atoms with E-state index in [1.54, 1.807) is 57.2 Å². The van der Waals surface area contributed by atoms with Gasteiger partial charge in [0.25, 0.3) is 0 Å². The number of benzene rings is 2. The zero-order chi connectivity index (χ0) is 23.2. The SMILES string of the molecule is CCOC(=O)c1ccc(NC(=O)CCCN(c2cccc(Cl)c2C)S(C)(=O)=O)c(C)c1. The molecule has 31 heavy (non-hydrogen) atoms. The van der Waals surface area contributed by atoms with Gasteiger partial charge in [0, 0.05) is 23.7 Å². The van der Waals surface area contributed by atoms with Crippen molar-refractivity contribution in [2.24, 2.45) is 0 Å². The fourth-order valence-corrected chi connectivity index (χ4v) is 4.26. The van der Waals surface area contributed by atoms with Crippen molar-refractivity contribution in [1.82, 2.24) is 0 Å². The lowest BCUT2D eigenvalue weighted by molar-refractivity contribution is -0.116. The maximum atomic E-state index is 12.4. The van der Waals surface area contributed by atoms with Gasteiger partial charge in [-0.2, -0.15) is 0 Å². The predicted molar refractivity (Wildman–Crippen MR) is 123 cm³/mol. The monoisotopic (exact) mass is 466 g/mol. The lowest BCUT2D eigenvalue weighted by atomic mass is 10.1. The minimum atomic E-state index is -3.54. The number of carbonyl (C=O) groups is 2. The van der Waals surface area contributed by atoms with Gasteiger partial charge in [-0.05, 0) is 68.7 Å². The number of esters is 1. The fourth-order valence-electron chi connectivity index (χ4n) is 3.07. The number of hydrogen-bond acceptors (Lipinski definition) is 5. The molecule has 0 bridgehead atoms. The summed E-state index contributed by atoms with van der Waals surface area (Å²) in [5.41, 5.74) is 2.89. The molecule has 9 heteroatoms. The van der Waals surface area contributed by atoms with Gasteiger partial charge in [0.2, 0.25) is 15.9 Å². The van der Waals surface area contributed by atoms with Crippen LogP contribution in [-0.4, -0.2) is 39.7 Å². The average molecular weight is 467 g/mol. The number of halogens is 1. The normalized spacial score (nSPS) is 11.1. The number of aryl methyl sites for hydroxylation is 1. The van der Waals surface area contributed by atoms with Crippen molar-refractivity contribution in [3.8, 4) is 0 Å². The molecule has 0 fully saturated rings. The van der Waals surface area contributed by atoms with Crippen LogP contribution < -0.4 is 9.62 Å². The lowest BCUT2D eigenvalue weighted by Gasteiger charge is -2.24. The van der Waals surface area contributed by atoms with Gasteiger partial charge < -0.3 is 10.1 Å². The highest BCUT2D eigenvalue weighted by atomic mass is 35.5. The van der Waals surface area contributed by atoms with Crippen molar-refractivity contribution in [2.45, 2.75) is 33.6 Å². The van der Waals surface area contributed by atoms with Crippen LogP contribution in [0.15, 0.2) is 36.4 Å². The molecule has 2 aromatic rings. The Morgan fingerprint density at radius 1 is 1.16 bits per heavy atom. The summed E-state index contributed by atoms with van der Waals surface area (Å²) in [7, 11) is -3.54. The molecule has 0 aliphatic carbocycles. The summed E-state index contributed by atoms with van der Waals surface area (Å²) in [4.78, 5) is 24.2. The maximum absolute atomic E-state index is 12.4. The second kappa shape index (κ2) is 10.6. The number of nitrogens with zero attached hydrogens (tertiary/aromatic N) is 1. The van der Waals surface area contributed by atoms with Crippen molar-refractivity contribution in [3.63, 3.8) is 0 Å². The standard InChI is InChI=1S/C22H27ClN2O5S/c1-5-30-22(27)17-11-12-19(15(2)14-17)24-21(26)10-7-13-25(31(4,28)29)20-9-6-8-18(23)16(20)3/h6,8-9,11-12,14H,5,7,10,13H2,1-4H3,(H,24,26). The summed E-state index contributed by atoms with van der Waals surface area (Å²) >= 11 is 6.13. The molecule has 0 aliphatic heterocycles. The summed E-state index contributed by atoms with van der Waals surface area (Å²) in [5.74, 6) is -0.663. The summed E-state index contributed by atoms with van der Waals surface area (Å²) in [6, 6.07) is 9.98. The van der Waals surface area contributed by atoms with Crippen LogP contribution >= 0.6 is 11.6 Å². The molecule has 0 aromatic heterocycles. The van der Waals surface area contributed by atoms with Crippen LogP contribution in [-0.2, 0) is 19.6 Å². The highest BCUT2D eigenvalue weighted by Crippen LogP contribution is 2.28. The molecular weight excluding hydrogens is 440 g/mol. The van der Waals surface area contributed by atoms with E-state index >= 15 is 0 Å². The van der Waals surface area contributed by atoms with Gasteiger partial charge in [-0.1, -0.05) is 17.7 Å². The Labute approximate surface area is 188 Å². The van der Waals surface area contributed by atoms with E-state index in [4.69, 9.17) is 16.3 Å². The van der Waals surface area contributed by atoms with Crippen LogP contribution in [0.4, 0.5) is 11.4 Å². The number of carbonyl (C=O) groups excluding carboxylic acids is 2. The van der Waals surface area contributed by atoms with Crippen molar-refractivity contribution in [1.29, 1.82) is 0 Å². The molecule has 0 saturated carbocycles. The Balaban J connectivity index is 2.02. The molecule has 0 heterocycles. The second-order valence-corrected chi connectivity index (χ2v) is 9.44. The predicted octanol–water partition coefficient (Wildman–Crippen LogP) is 4.32. The van der Waals surface area contributed by atoms with Crippen LogP contribution in [0.2, 0.25) is 5.02 Å². The highest BCUT2D eigenvalue weighted by Gasteiger charge is 2.20. The molecular formula is C22H27ClN2O5S. The van der Waals surface area contributed by atoms with E-state index in [0.717, 1.165) is 11.8 Å². The molecule has 0 unspecified atom stereocenters. The molecule has 0 saturated heterocycles. The Morgan fingerprint density at radius 3 is 2.48 bits per heavy atom. The first-order valence-electron chi connectivity index (χ1n) is 9.85. The molecule has 1 amide bonds. The number of hydrogen-bond donors (Lipinski definition) is 1. The summed E-state index contributed by atoms with van der Waals surface area (Å²) < 4.78 is 30.8. The molecule has 0 aliphatic rings. The van der Waals surface area contributed by atoms with Crippen molar-refractivity contribution in [3.05, 3.63) is 58.1 Å². The van der Waals surface area contributed by atoms with Gasteiger partial charge >= 0.3 is 5.97 Å². The zero-order valence-corrected chi connectivity index (χ0v) is 19.6. The summed E-state index contributed by atoms with van der Waals surface area (Å²) in [6.45, 7) is 5.71. The number of ether oxygens (including phenoxy) is 1. The van der Waals surface area contributed by atoms with E-state index in [9.17, 15) is 18.0 Å². The summed E-state index contributed by atoms with van der Waals surface area (Å²) in [5, 5.41) is 3.28. The third kappa shape index (κ3) is 6.70. The van der Waals surface area contributed by atoms with Gasteiger partial charge in [0.05, 0.1) is 24.1 Å². The molecule has 1 N–H and O–H groups in total. The number of nitrogens with one attached hydrogen (secondary N) is 1. The van der Waals surface area contributed by atoms with Crippen LogP contribution in [0.5, 0.6) is 0 Å². The average Bonchev–Trinajstić information content (AvgIpc) is 2.68. The van der Waals surface area contributed by atoms with E-state index < -0.39 is 16.0 Å². The third-order valence-electron chi connectivity index (χ3n) is 4.68. The first-order chi connectivity index (χ1) is 14.5. The molecule has 0 radical (unpaired) electrons. The van der Waals surface area contributed by atoms with Gasteiger partial charge in [-0.15, -0.1) is 0 Å². The first kappa shape index (κ1) is 24.7. The zero-order valence-electron chi connectivity index (χ0n) is 18.1. The first-order valence-corrected chi connectivity index (χ1v) is 12.1. The number of rotatable bonds is 9. The van der Waals surface area contributed by atoms with Crippen LogP contribution in [0.3, 0.4) is 0 Å². The van der Waals surface area contributed by atoms with E-state index in [2.05, 4.69) is 5.32 Å². The minimum Gasteiger partial charge on any atom is -0.462 e. The number of anilines is 2. The molecule has 0 atom stereocenters. The van der Waals surface area contributed by atoms with E-state index in [0.29, 0.717) is 33.9 Å². The second-order valence-electron chi connectivity index (χ2n) is 7.12. The molecule has 0 spiro atoms. The topological polar surface area (TPSA) is 92.8 Å². The van der Waals surface area contributed by atoms with E-state index in [1.807, 2.05) is 0 Å². The summed E-state index contributed by atoms with van der Waals surface area (Å²) in [6.07, 6.45) is 1.58. The van der Waals surface area contributed by atoms with Gasteiger partial charge in [0.15, 0.2) is 0 Å². The number of sulfonamides is 1.